The first-order valence-corrected chi connectivity index (χ1v) is 8.59. The van der Waals surface area contributed by atoms with E-state index in [1.54, 1.807) is 18.2 Å². The Hall–Kier alpha value is -2.18. The molecule has 7 heteroatoms. The van der Waals surface area contributed by atoms with Crippen molar-refractivity contribution in [2.45, 2.75) is 18.9 Å². The predicted octanol–water partition coefficient (Wildman–Crippen LogP) is 2.73. The van der Waals surface area contributed by atoms with Gasteiger partial charge in [-0.3, -0.25) is 14.5 Å². The molecular weight excluding hydrogens is 345 g/mol. The Kier molecular flexibility index (Phi) is 5.50. The Morgan fingerprint density at radius 1 is 1.28 bits per heavy atom. The fourth-order valence-electron chi connectivity index (χ4n) is 3.18. The van der Waals surface area contributed by atoms with Crippen molar-refractivity contribution in [1.82, 2.24) is 15.2 Å². The highest BCUT2D eigenvalue weighted by atomic mass is 35.5. The summed E-state index contributed by atoms with van der Waals surface area (Å²) in [6, 6.07) is 7.24. The summed E-state index contributed by atoms with van der Waals surface area (Å²) in [4.78, 5) is 28.6. The average Bonchev–Trinajstić information content (AvgIpc) is 3.12. The van der Waals surface area contributed by atoms with Crippen LogP contribution in [0.1, 0.15) is 34.8 Å². The van der Waals surface area contributed by atoms with Gasteiger partial charge in [-0.05, 0) is 50.2 Å². The molecule has 1 fully saturated rings. The smallest absolute Gasteiger partial charge is 0.260 e. The monoisotopic (exact) mass is 363 g/mol. The Labute approximate surface area is 149 Å². The summed E-state index contributed by atoms with van der Waals surface area (Å²) in [6.07, 6.45) is 3.51. The molecule has 2 N–H and O–H groups in total. The average molecular weight is 364 g/mol. The zero-order valence-electron chi connectivity index (χ0n) is 13.6. The van der Waals surface area contributed by atoms with E-state index in [0.717, 1.165) is 25.9 Å². The van der Waals surface area contributed by atoms with Gasteiger partial charge >= 0.3 is 0 Å². The zero-order valence-corrected chi connectivity index (χ0v) is 14.4. The molecule has 0 aliphatic carbocycles. The van der Waals surface area contributed by atoms with Crippen molar-refractivity contribution in [2.75, 3.05) is 19.6 Å². The Morgan fingerprint density at radius 2 is 2.04 bits per heavy atom. The number of aromatic nitrogens is 1. The van der Waals surface area contributed by atoms with E-state index < -0.39 is 17.3 Å². The highest BCUT2D eigenvalue weighted by Crippen LogP contribution is 2.31. The molecule has 1 aliphatic rings. The number of hydrogen-bond acceptors (Lipinski definition) is 3. The topological polar surface area (TPSA) is 65.2 Å². The number of likely N-dealkylation sites (tertiary alicyclic amines) is 1. The number of halogens is 2. The molecule has 1 atom stereocenters. The summed E-state index contributed by atoms with van der Waals surface area (Å²) < 4.78 is 14.4. The van der Waals surface area contributed by atoms with Crippen molar-refractivity contribution in [1.29, 1.82) is 0 Å². The largest absolute Gasteiger partial charge is 0.350 e. The second-order valence-corrected chi connectivity index (χ2v) is 6.42. The van der Waals surface area contributed by atoms with Crippen molar-refractivity contribution < 1.29 is 9.18 Å². The van der Waals surface area contributed by atoms with Crippen LogP contribution in [0.4, 0.5) is 4.39 Å². The molecule has 1 aliphatic heterocycles. The van der Waals surface area contributed by atoms with E-state index in [2.05, 4.69) is 15.2 Å². The number of aromatic amines is 1. The molecule has 0 saturated carbocycles. The Bertz CT molecular complexity index is 798. The van der Waals surface area contributed by atoms with Gasteiger partial charge in [0, 0.05) is 23.3 Å². The molecule has 0 bridgehead atoms. The summed E-state index contributed by atoms with van der Waals surface area (Å²) in [6.45, 7) is 1.81. The molecule has 1 aromatic carbocycles. The lowest BCUT2D eigenvalue weighted by atomic mass is 10.0. The molecule has 1 aromatic heterocycles. The van der Waals surface area contributed by atoms with E-state index in [1.807, 2.05) is 0 Å². The molecular formula is C18H19ClFN3O2. The minimum Gasteiger partial charge on any atom is -0.350 e. The number of rotatable bonds is 5. The third-order valence-corrected chi connectivity index (χ3v) is 4.76. The van der Waals surface area contributed by atoms with Crippen LogP contribution in [0.25, 0.3) is 0 Å². The second kappa shape index (κ2) is 7.80. The van der Waals surface area contributed by atoms with Gasteiger partial charge in [-0.25, -0.2) is 4.39 Å². The van der Waals surface area contributed by atoms with Crippen LogP contribution >= 0.6 is 11.6 Å². The van der Waals surface area contributed by atoms with Crippen LogP contribution in [0.3, 0.4) is 0 Å². The van der Waals surface area contributed by atoms with Crippen molar-refractivity contribution in [3.8, 4) is 0 Å². The molecule has 0 spiro atoms. The molecule has 2 aromatic rings. The van der Waals surface area contributed by atoms with Crippen LogP contribution < -0.4 is 10.9 Å². The molecule has 5 nitrogen and oxygen atoms in total. The number of amides is 1. The lowest BCUT2D eigenvalue weighted by Crippen LogP contribution is -2.38. The first kappa shape index (κ1) is 17.6. The molecule has 1 amide bonds. The third kappa shape index (κ3) is 3.91. The van der Waals surface area contributed by atoms with Crippen molar-refractivity contribution in [2.24, 2.45) is 0 Å². The van der Waals surface area contributed by atoms with Gasteiger partial charge < -0.3 is 10.3 Å². The first-order chi connectivity index (χ1) is 12.1. The standard InChI is InChI=1S/C18H19ClFN3O2/c19-13-6-3-7-14(20)16(13)15(23-9-1-2-10-23)11-22-18(25)12-5-4-8-21-17(12)24/h3-8,15H,1-2,9-11H2,(H,21,24)(H,22,25)/t15-/m0/s1. The lowest BCUT2D eigenvalue weighted by molar-refractivity contribution is 0.0935. The van der Waals surface area contributed by atoms with Gasteiger partial charge in [-0.15, -0.1) is 0 Å². The molecule has 25 heavy (non-hydrogen) atoms. The summed E-state index contributed by atoms with van der Waals surface area (Å²) >= 11 is 6.23. The van der Waals surface area contributed by atoms with E-state index in [1.165, 1.54) is 18.3 Å². The number of nitrogens with one attached hydrogen (secondary N) is 2. The number of pyridine rings is 1. The third-order valence-electron chi connectivity index (χ3n) is 4.43. The van der Waals surface area contributed by atoms with Gasteiger partial charge in [0.15, 0.2) is 0 Å². The lowest BCUT2D eigenvalue weighted by Gasteiger charge is -2.29. The maximum Gasteiger partial charge on any atom is 0.260 e. The minimum atomic E-state index is -0.487. The van der Waals surface area contributed by atoms with E-state index in [0.29, 0.717) is 10.6 Å². The maximum absolute atomic E-state index is 14.4. The summed E-state index contributed by atoms with van der Waals surface area (Å²) in [5.74, 6) is -0.880. The van der Waals surface area contributed by atoms with Gasteiger partial charge in [0.1, 0.15) is 11.4 Å². The van der Waals surface area contributed by atoms with Gasteiger partial charge in [0.2, 0.25) is 0 Å². The van der Waals surface area contributed by atoms with E-state index in [4.69, 9.17) is 11.6 Å². The normalized spacial score (nSPS) is 15.9. The van der Waals surface area contributed by atoms with E-state index in [9.17, 15) is 14.0 Å². The molecule has 0 unspecified atom stereocenters. The van der Waals surface area contributed by atoms with Crippen LogP contribution in [-0.2, 0) is 0 Å². The van der Waals surface area contributed by atoms with Gasteiger partial charge in [-0.2, -0.15) is 0 Å². The molecule has 0 radical (unpaired) electrons. The number of nitrogens with zero attached hydrogens (tertiary/aromatic N) is 1. The number of carbonyl (C=O) groups is 1. The van der Waals surface area contributed by atoms with E-state index in [-0.39, 0.29) is 18.2 Å². The predicted molar refractivity (Wildman–Crippen MR) is 94.4 cm³/mol. The Morgan fingerprint density at radius 3 is 2.72 bits per heavy atom. The van der Waals surface area contributed by atoms with Crippen molar-refractivity contribution in [3.05, 3.63) is 68.8 Å². The summed E-state index contributed by atoms with van der Waals surface area (Å²) in [5.41, 5.74) is -0.0442. The second-order valence-electron chi connectivity index (χ2n) is 6.02. The van der Waals surface area contributed by atoms with Gasteiger partial charge in [-0.1, -0.05) is 17.7 Å². The van der Waals surface area contributed by atoms with Crippen LogP contribution in [-0.4, -0.2) is 35.4 Å². The fourth-order valence-corrected chi connectivity index (χ4v) is 3.47. The molecule has 2 heterocycles. The summed E-state index contributed by atoms with van der Waals surface area (Å²) in [7, 11) is 0. The quantitative estimate of drug-likeness (QED) is 0.858. The van der Waals surface area contributed by atoms with Crippen LogP contribution in [0, 0.1) is 5.82 Å². The number of carbonyl (C=O) groups excluding carboxylic acids is 1. The first-order valence-electron chi connectivity index (χ1n) is 8.22. The van der Waals surface area contributed by atoms with E-state index >= 15 is 0 Å². The highest BCUT2D eigenvalue weighted by Gasteiger charge is 2.28. The van der Waals surface area contributed by atoms with Crippen LogP contribution in [0.5, 0.6) is 0 Å². The van der Waals surface area contributed by atoms with Crippen molar-refractivity contribution in [3.63, 3.8) is 0 Å². The van der Waals surface area contributed by atoms with Gasteiger partial charge in [0.25, 0.3) is 11.5 Å². The van der Waals surface area contributed by atoms with Crippen LogP contribution in [0.2, 0.25) is 5.02 Å². The fraction of sp³-hybridized carbons (Fsp3) is 0.333. The minimum absolute atomic E-state index is 0.0299. The Balaban J connectivity index is 1.83. The maximum atomic E-state index is 14.4. The van der Waals surface area contributed by atoms with Crippen molar-refractivity contribution >= 4 is 17.5 Å². The molecule has 1 saturated heterocycles. The number of H-pyrrole nitrogens is 1. The van der Waals surface area contributed by atoms with Crippen LogP contribution in [0.15, 0.2) is 41.3 Å². The number of hydrogen-bond donors (Lipinski definition) is 2. The summed E-state index contributed by atoms with van der Waals surface area (Å²) in [5, 5.41) is 3.08. The SMILES string of the molecule is O=C(NC[C@@H](c1c(F)cccc1Cl)N1CCCC1)c1ccc[nH]c1=O. The molecule has 3 rings (SSSR count). The number of benzene rings is 1. The highest BCUT2D eigenvalue weighted by molar-refractivity contribution is 6.31. The zero-order chi connectivity index (χ0) is 17.8. The molecule has 132 valence electrons. The van der Waals surface area contributed by atoms with Gasteiger partial charge in [0.05, 0.1) is 6.04 Å².